The van der Waals surface area contributed by atoms with Crippen molar-refractivity contribution in [1.29, 1.82) is 0 Å². The number of carboxylic acids is 1. The van der Waals surface area contributed by atoms with Crippen molar-refractivity contribution in [1.82, 2.24) is 4.90 Å². The summed E-state index contributed by atoms with van der Waals surface area (Å²) in [6.07, 6.45) is -0.0293. The summed E-state index contributed by atoms with van der Waals surface area (Å²) in [6.45, 7) is 4.09. The van der Waals surface area contributed by atoms with Crippen molar-refractivity contribution >= 4 is 23.8 Å². The van der Waals surface area contributed by atoms with Crippen LogP contribution in [0.1, 0.15) is 36.7 Å². The van der Waals surface area contributed by atoms with Gasteiger partial charge in [0, 0.05) is 12.0 Å². The second kappa shape index (κ2) is 11.2. The fourth-order valence-electron chi connectivity index (χ4n) is 2.99. The zero-order valence-electron chi connectivity index (χ0n) is 18.8. The van der Waals surface area contributed by atoms with Gasteiger partial charge in [-0.2, -0.15) is 0 Å². The molecule has 0 bridgehead atoms. The van der Waals surface area contributed by atoms with Gasteiger partial charge in [-0.15, -0.1) is 0 Å². The second-order valence-electron chi connectivity index (χ2n) is 8.22. The van der Waals surface area contributed by atoms with E-state index in [1.54, 1.807) is 75.4 Å². The van der Waals surface area contributed by atoms with E-state index in [4.69, 9.17) is 20.3 Å². The molecular formula is C24H28N2O7. The standard InChI is InChI=1S/C24H28N2O7/c1-24(2,3)33-23(31)19(13-16-9-11-18(12-10-16)32-15-21(28)29)26(20(27)14-25)22(30)17-7-5-4-6-8-17/h4-12,19H,13-15,25H2,1-3H3,(H,28,29)/t19-/m0/s1. The smallest absolute Gasteiger partial charge is 0.341 e. The van der Waals surface area contributed by atoms with E-state index in [9.17, 15) is 19.2 Å². The molecule has 0 heterocycles. The lowest BCUT2D eigenvalue weighted by Crippen LogP contribution is -2.53. The maximum absolute atomic E-state index is 13.2. The summed E-state index contributed by atoms with van der Waals surface area (Å²) in [7, 11) is 0. The molecule has 0 fully saturated rings. The highest BCUT2D eigenvalue weighted by Gasteiger charge is 2.37. The number of hydrogen-bond donors (Lipinski definition) is 2. The first-order valence-corrected chi connectivity index (χ1v) is 10.3. The van der Waals surface area contributed by atoms with Crippen LogP contribution in [0, 0.1) is 0 Å². The summed E-state index contributed by atoms with van der Waals surface area (Å²) in [5, 5.41) is 8.73. The minimum atomic E-state index is -1.27. The van der Waals surface area contributed by atoms with Crippen molar-refractivity contribution in [2.45, 2.75) is 38.8 Å². The van der Waals surface area contributed by atoms with Gasteiger partial charge in [0.15, 0.2) is 6.61 Å². The van der Waals surface area contributed by atoms with Gasteiger partial charge in [-0.1, -0.05) is 30.3 Å². The zero-order chi connectivity index (χ0) is 24.6. The molecule has 0 saturated heterocycles. The number of nitrogens with two attached hydrogens (primary N) is 1. The number of aliphatic carboxylic acids is 1. The van der Waals surface area contributed by atoms with Crippen molar-refractivity contribution < 1.29 is 33.8 Å². The average Bonchev–Trinajstić information content (AvgIpc) is 2.77. The molecule has 2 amide bonds. The van der Waals surface area contributed by atoms with E-state index >= 15 is 0 Å². The molecule has 0 aliphatic rings. The second-order valence-corrected chi connectivity index (χ2v) is 8.22. The highest BCUT2D eigenvalue weighted by atomic mass is 16.6. The topological polar surface area (TPSA) is 136 Å². The summed E-state index contributed by atoms with van der Waals surface area (Å²) in [5.41, 5.74) is 5.54. The van der Waals surface area contributed by atoms with Gasteiger partial charge in [-0.3, -0.25) is 14.5 Å². The third kappa shape index (κ3) is 7.73. The Labute approximate surface area is 192 Å². The minimum absolute atomic E-state index is 0.0293. The Morgan fingerprint density at radius 3 is 2.12 bits per heavy atom. The fourth-order valence-corrected chi connectivity index (χ4v) is 2.99. The van der Waals surface area contributed by atoms with Gasteiger partial charge in [-0.25, -0.2) is 9.59 Å². The maximum Gasteiger partial charge on any atom is 0.341 e. The van der Waals surface area contributed by atoms with Gasteiger partial charge in [0.25, 0.3) is 5.91 Å². The number of amides is 2. The van der Waals surface area contributed by atoms with Crippen LogP contribution in [0.5, 0.6) is 5.75 Å². The Hall–Kier alpha value is -3.72. The molecule has 0 aromatic heterocycles. The highest BCUT2D eigenvalue weighted by Crippen LogP contribution is 2.20. The molecule has 1 atom stereocenters. The first-order valence-electron chi connectivity index (χ1n) is 10.3. The van der Waals surface area contributed by atoms with Gasteiger partial charge in [0.2, 0.25) is 5.91 Å². The fraction of sp³-hybridized carbons (Fsp3) is 0.333. The largest absolute Gasteiger partial charge is 0.482 e. The van der Waals surface area contributed by atoms with E-state index in [1.165, 1.54) is 0 Å². The predicted molar refractivity (Wildman–Crippen MR) is 120 cm³/mol. The zero-order valence-corrected chi connectivity index (χ0v) is 18.8. The molecule has 0 unspecified atom stereocenters. The van der Waals surface area contributed by atoms with E-state index in [1.807, 2.05) is 0 Å². The van der Waals surface area contributed by atoms with E-state index in [-0.39, 0.29) is 12.0 Å². The van der Waals surface area contributed by atoms with Gasteiger partial charge >= 0.3 is 11.9 Å². The van der Waals surface area contributed by atoms with Crippen LogP contribution in [0.2, 0.25) is 0 Å². The van der Waals surface area contributed by atoms with Crippen LogP contribution in [-0.4, -0.2) is 58.6 Å². The predicted octanol–water partition coefficient (Wildman–Crippen LogP) is 2.03. The molecule has 0 saturated carbocycles. The summed E-state index contributed by atoms with van der Waals surface area (Å²) in [5.74, 6) is -2.92. The Morgan fingerprint density at radius 1 is 1.00 bits per heavy atom. The monoisotopic (exact) mass is 456 g/mol. The number of imide groups is 1. The van der Waals surface area contributed by atoms with Crippen molar-refractivity contribution in [3.05, 3.63) is 65.7 Å². The molecular weight excluding hydrogens is 428 g/mol. The molecule has 2 aromatic carbocycles. The lowest BCUT2D eigenvalue weighted by atomic mass is 10.0. The quantitative estimate of drug-likeness (QED) is 0.547. The van der Waals surface area contributed by atoms with Crippen LogP contribution < -0.4 is 10.5 Å². The Kier molecular flexibility index (Phi) is 8.70. The number of nitrogens with zero attached hydrogens (tertiary/aromatic N) is 1. The van der Waals surface area contributed by atoms with E-state index < -0.39 is 48.5 Å². The number of carbonyl (C=O) groups excluding carboxylic acids is 3. The molecule has 9 nitrogen and oxygen atoms in total. The summed E-state index contributed by atoms with van der Waals surface area (Å²) < 4.78 is 10.6. The highest BCUT2D eigenvalue weighted by molar-refractivity contribution is 6.07. The van der Waals surface area contributed by atoms with Crippen LogP contribution in [0.3, 0.4) is 0 Å². The van der Waals surface area contributed by atoms with Crippen LogP contribution in [0.25, 0.3) is 0 Å². The molecule has 33 heavy (non-hydrogen) atoms. The molecule has 0 aliphatic carbocycles. The number of carbonyl (C=O) groups is 4. The van der Waals surface area contributed by atoms with E-state index in [0.717, 1.165) is 4.90 Å². The molecule has 176 valence electrons. The minimum Gasteiger partial charge on any atom is -0.482 e. The molecule has 0 radical (unpaired) electrons. The first kappa shape index (κ1) is 25.5. The lowest BCUT2D eigenvalue weighted by molar-refractivity contribution is -0.163. The third-order valence-electron chi connectivity index (χ3n) is 4.39. The Bertz CT molecular complexity index is 982. The maximum atomic E-state index is 13.2. The third-order valence-corrected chi connectivity index (χ3v) is 4.39. The Morgan fingerprint density at radius 2 is 1.61 bits per heavy atom. The van der Waals surface area contributed by atoms with Gasteiger partial charge in [0.05, 0.1) is 6.54 Å². The summed E-state index contributed by atoms with van der Waals surface area (Å²) in [6, 6.07) is 13.2. The normalized spacial score (nSPS) is 11.9. The molecule has 3 N–H and O–H groups in total. The summed E-state index contributed by atoms with van der Waals surface area (Å²) in [4.78, 5) is 50.6. The number of rotatable bonds is 9. The summed E-state index contributed by atoms with van der Waals surface area (Å²) >= 11 is 0. The van der Waals surface area contributed by atoms with Gasteiger partial charge in [0.1, 0.15) is 17.4 Å². The average molecular weight is 456 g/mol. The number of ether oxygens (including phenoxy) is 2. The SMILES string of the molecule is CC(C)(C)OC(=O)[C@H](Cc1ccc(OCC(=O)O)cc1)N(C(=O)CN)C(=O)c1ccccc1. The van der Waals surface area contributed by atoms with Crippen molar-refractivity contribution in [3.63, 3.8) is 0 Å². The number of hydrogen-bond acceptors (Lipinski definition) is 7. The van der Waals surface area contributed by atoms with Crippen molar-refractivity contribution in [2.24, 2.45) is 5.73 Å². The van der Waals surface area contributed by atoms with Crippen LogP contribution in [-0.2, 0) is 25.5 Å². The molecule has 0 aliphatic heterocycles. The number of esters is 1. The van der Waals surface area contributed by atoms with Crippen LogP contribution in [0.4, 0.5) is 0 Å². The van der Waals surface area contributed by atoms with Gasteiger partial charge < -0.3 is 20.3 Å². The van der Waals surface area contributed by atoms with Gasteiger partial charge in [-0.05, 0) is 50.6 Å². The Balaban J connectivity index is 2.40. The molecule has 2 aromatic rings. The molecule has 0 spiro atoms. The van der Waals surface area contributed by atoms with E-state index in [0.29, 0.717) is 11.3 Å². The molecule has 9 heteroatoms. The van der Waals surface area contributed by atoms with Crippen molar-refractivity contribution in [2.75, 3.05) is 13.2 Å². The molecule has 2 rings (SSSR count). The lowest BCUT2D eigenvalue weighted by Gasteiger charge is -2.31. The first-order chi connectivity index (χ1) is 15.5. The van der Waals surface area contributed by atoms with E-state index in [2.05, 4.69) is 0 Å². The van der Waals surface area contributed by atoms with Crippen LogP contribution >= 0.6 is 0 Å². The van der Waals surface area contributed by atoms with Crippen LogP contribution in [0.15, 0.2) is 54.6 Å². The van der Waals surface area contributed by atoms with Crippen molar-refractivity contribution in [3.8, 4) is 5.75 Å². The number of carboxylic acid groups (broad SMARTS) is 1. The number of benzene rings is 2.